The van der Waals surface area contributed by atoms with Crippen LogP contribution in [0.4, 0.5) is 5.69 Å². The van der Waals surface area contributed by atoms with E-state index in [2.05, 4.69) is 0 Å². The summed E-state index contributed by atoms with van der Waals surface area (Å²) in [5.74, 6) is -0.558. The Morgan fingerprint density at radius 2 is 1.88 bits per heavy atom. The molecule has 136 valence electrons. The summed E-state index contributed by atoms with van der Waals surface area (Å²) in [4.78, 5) is 23.5. The Morgan fingerprint density at radius 3 is 2.54 bits per heavy atom. The van der Waals surface area contributed by atoms with Crippen molar-refractivity contribution < 1.29 is 17.6 Å². The molecule has 1 aromatic heterocycles. The smallest absolute Gasteiger partial charge is 0.396 e. The van der Waals surface area contributed by atoms with Crippen molar-refractivity contribution in [2.75, 3.05) is 4.31 Å². The molecule has 0 aliphatic carbocycles. The van der Waals surface area contributed by atoms with Gasteiger partial charge in [-0.25, -0.2) is 17.5 Å². The fraction of sp³-hybridized carbons (Fsp3) is 0.176. The van der Waals surface area contributed by atoms with E-state index in [9.17, 15) is 18.0 Å². The first-order valence-corrected chi connectivity index (χ1v) is 10.3. The number of sulfonamides is 1. The second-order valence-electron chi connectivity index (χ2n) is 5.45. The SMILES string of the molecule is CCCC(=O)N(c1ccc2oc(=O)sc2c1)S(=O)(=O)c1ccc(Cl)cc1. The summed E-state index contributed by atoms with van der Waals surface area (Å²) < 4.78 is 32.4. The van der Waals surface area contributed by atoms with E-state index in [1.54, 1.807) is 6.92 Å². The molecule has 26 heavy (non-hydrogen) atoms. The zero-order valence-electron chi connectivity index (χ0n) is 13.6. The number of halogens is 1. The number of rotatable bonds is 5. The van der Waals surface area contributed by atoms with E-state index in [-0.39, 0.29) is 17.0 Å². The van der Waals surface area contributed by atoms with Crippen LogP contribution in [0.1, 0.15) is 19.8 Å². The highest BCUT2D eigenvalue weighted by atomic mass is 35.5. The van der Waals surface area contributed by atoms with Crippen molar-refractivity contribution in [2.45, 2.75) is 24.7 Å². The Kier molecular flexibility index (Phi) is 5.17. The van der Waals surface area contributed by atoms with E-state index < -0.39 is 20.9 Å². The highest BCUT2D eigenvalue weighted by Crippen LogP contribution is 2.29. The molecule has 9 heteroatoms. The first kappa shape index (κ1) is 18.6. The van der Waals surface area contributed by atoms with Crippen LogP contribution in [0.15, 0.2) is 56.6 Å². The van der Waals surface area contributed by atoms with Crippen LogP contribution in [0.5, 0.6) is 0 Å². The lowest BCUT2D eigenvalue weighted by Crippen LogP contribution is -2.36. The van der Waals surface area contributed by atoms with Crippen molar-refractivity contribution in [1.29, 1.82) is 0 Å². The Hall–Kier alpha value is -2.16. The van der Waals surface area contributed by atoms with Crippen LogP contribution in [0.25, 0.3) is 10.3 Å². The monoisotopic (exact) mass is 411 g/mol. The lowest BCUT2D eigenvalue weighted by Gasteiger charge is -2.22. The lowest BCUT2D eigenvalue weighted by atomic mass is 10.2. The fourth-order valence-corrected chi connectivity index (χ4v) is 4.70. The zero-order valence-corrected chi connectivity index (χ0v) is 16.0. The quantitative estimate of drug-likeness (QED) is 0.632. The number of benzene rings is 2. The normalized spacial score (nSPS) is 11.6. The summed E-state index contributed by atoms with van der Waals surface area (Å²) in [6.07, 6.45) is 0.555. The Bertz CT molecular complexity index is 1120. The van der Waals surface area contributed by atoms with Crippen molar-refractivity contribution in [1.82, 2.24) is 0 Å². The molecule has 0 bridgehead atoms. The van der Waals surface area contributed by atoms with Gasteiger partial charge in [-0.3, -0.25) is 4.79 Å². The predicted molar refractivity (Wildman–Crippen MR) is 101 cm³/mol. The molecule has 0 saturated carbocycles. The molecule has 0 atom stereocenters. The first-order chi connectivity index (χ1) is 12.3. The van der Waals surface area contributed by atoms with Gasteiger partial charge in [0.2, 0.25) is 5.91 Å². The number of hydrogen-bond donors (Lipinski definition) is 0. The van der Waals surface area contributed by atoms with E-state index in [1.165, 1.54) is 42.5 Å². The van der Waals surface area contributed by atoms with Gasteiger partial charge in [-0.1, -0.05) is 29.9 Å². The van der Waals surface area contributed by atoms with Gasteiger partial charge in [0.25, 0.3) is 10.0 Å². The molecule has 0 aliphatic heterocycles. The molecule has 0 aliphatic rings. The van der Waals surface area contributed by atoms with Crippen molar-refractivity contribution in [3.05, 3.63) is 57.2 Å². The third-order valence-corrected chi connectivity index (χ3v) is 6.39. The van der Waals surface area contributed by atoms with E-state index in [4.69, 9.17) is 16.0 Å². The van der Waals surface area contributed by atoms with Gasteiger partial charge in [0.1, 0.15) is 5.58 Å². The molecule has 0 saturated heterocycles. The fourth-order valence-electron chi connectivity index (χ4n) is 2.43. The Morgan fingerprint density at radius 1 is 1.19 bits per heavy atom. The molecule has 3 aromatic rings. The molecular formula is C17H14ClNO5S2. The number of fused-ring (bicyclic) bond motifs is 1. The van der Waals surface area contributed by atoms with Crippen LogP contribution in [-0.2, 0) is 14.8 Å². The van der Waals surface area contributed by atoms with Gasteiger partial charge in [0, 0.05) is 11.4 Å². The largest absolute Gasteiger partial charge is 0.414 e. The number of hydrogen-bond acceptors (Lipinski definition) is 6. The zero-order chi connectivity index (χ0) is 18.9. The van der Waals surface area contributed by atoms with E-state index >= 15 is 0 Å². The number of carbonyl (C=O) groups is 1. The first-order valence-electron chi connectivity index (χ1n) is 7.70. The Labute approximate surface area is 158 Å². The van der Waals surface area contributed by atoms with Crippen LogP contribution >= 0.6 is 22.9 Å². The maximum absolute atomic E-state index is 13.1. The van der Waals surface area contributed by atoms with Gasteiger partial charge in [0.05, 0.1) is 15.3 Å². The minimum Gasteiger partial charge on any atom is -0.414 e. The van der Waals surface area contributed by atoms with Gasteiger partial charge in [0.15, 0.2) is 0 Å². The van der Waals surface area contributed by atoms with Crippen LogP contribution in [0.3, 0.4) is 0 Å². The Balaban J connectivity index is 2.16. The highest BCUT2D eigenvalue weighted by molar-refractivity contribution is 7.93. The van der Waals surface area contributed by atoms with Crippen molar-refractivity contribution >= 4 is 54.8 Å². The second kappa shape index (κ2) is 7.22. The molecule has 1 heterocycles. The summed E-state index contributed by atoms with van der Waals surface area (Å²) in [5, 5.41) is 0.389. The molecule has 0 N–H and O–H groups in total. The molecule has 0 radical (unpaired) electrons. The average Bonchev–Trinajstić information content (AvgIpc) is 2.95. The maximum Gasteiger partial charge on any atom is 0.396 e. The maximum atomic E-state index is 13.1. The highest BCUT2D eigenvalue weighted by Gasteiger charge is 2.30. The van der Waals surface area contributed by atoms with Crippen molar-refractivity contribution in [2.24, 2.45) is 0 Å². The molecular weight excluding hydrogens is 398 g/mol. The molecule has 0 spiro atoms. The topological polar surface area (TPSA) is 84.7 Å². The number of anilines is 1. The second-order valence-corrected chi connectivity index (χ2v) is 8.65. The molecule has 3 rings (SSSR count). The standard InChI is InChI=1S/C17H14ClNO5S2/c1-2-3-16(20)19(26(22,23)13-7-4-11(18)5-8-13)12-6-9-14-15(10-12)25-17(21)24-14/h4-10H,2-3H2,1H3. The summed E-state index contributed by atoms with van der Waals surface area (Å²) in [7, 11) is -4.13. The number of nitrogens with zero attached hydrogens (tertiary/aromatic N) is 1. The predicted octanol–water partition coefficient (Wildman–Crippen LogP) is 4.03. The van der Waals surface area contributed by atoms with E-state index in [0.717, 1.165) is 15.6 Å². The molecule has 0 unspecified atom stereocenters. The van der Waals surface area contributed by atoms with Gasteiger partial charge >= 0.3 is 4.94 Å². The van der Waals surface area contributed by atoms with Gasteiger partial charge < -0.3 is 4.42 Å². The van der Waals surface area contributed by atoms with Gasteiger partial charge in [-0.05, 0) is 48.9 Å². The van der Waals surface area contributed by atoms with Crippen molar-refractivity contribution in [3.63, 3.8) is 0 Å². The number of amides is 1. The number of carbonyl (C=O) groups excluding carboxylic acids is 1. The van der Waals surface area contributed by atoms with E-state index in [1.807, 2.05) is 0 Å². The average molecular weight is 412 g/mol. The van der Waals surface area contributed by atoms with Crippen LogP contribution in [0.2, 0.25) is 5.02 Å². The van der Waals surface area contributed by atoms with Gasteiger partial charge in [-0.15, -0.1) is 0 Å². The molecule has 0 fully saturated rings. The minimum absolute atomic E-state index is 0.0492. The third-order valence-electron chi connectivity index (χ3n) is 3.59. The summed E-state index contributed by atoms with van der Waals surface area (Å²) in [6.45, 7) is 1.79. The van der Waals surface area contributed by atoms with Crippen LogP contribution in [-0.4, -0.2) is 14.3 Å². The van der Waals surface area contributed by atoms with E-state index in [0.29, 0.717) is 21.7 Å². The lowest BCUT2D eigenvalue weighted by molar-refractivity contribution is -0.117. The van der Waals surface area contributed by atoms with Crippen LogP contribution in [0, 0.1) is 0 Å². The van der Waals surface area contributed by atoms with Gasteiger partial charge in [-0.2, -0.15) is 0 Å². The van der Waals surface area contributed by atoms with Crippen LogP contribution < -0.4 is 9.24 Å². The molecule has 1 amide bonds. The molecule has 6 nitrogen and oxygen atoms in total. The summed E-state index contributed by atoms with van der Waals surface area (Å²) in [6, 6.07) is 9.97. The minimum atomic E-state index is -4.13. The van der Waals surface area contributed by atoms with Crippen molar-refractivity contribution in [3.8, 4) is 0 Å². The third kappa shape index (κ3) is 3.53. The summed E-state index contributed by atoms with van der Waals surface area (Å²) in [5.41, 5.74) is 0.499. The molecule has 2 aromatic carbocycles. The summed E-state index contributed by atoms with van der Waals surface area (Å²) >= 11 is 6.67.